The van der Waals surface area contributed by atoms with Gasteiger partial charge in [0.25, 0.3) is 0 Å². The van der Waals surface area contributed by atoms with Gasteiger partial charge in [-0.1, -0.05) is 0 Å². The van der Waals surface area contributed by atoms with E-state index in [0.717, 1.165) is 38.4 Å². The second kappa shape index (κ2) is 5.07. The number of likely N-dealkylation sites (tertiary alicyclic amines) is 1. The summed E-state index contributed by atoms with van der Waals surface area (Å²) in [6.07, 6.45) is 2.24. The van der Waals surface area contributed by atoms with Gasteiger partial charge in [0.1, 0.15) is 0 Å². The van der Waals surface area contributed by atoms with E-state index in [0.29, 0.717) is 0 Å². The Morgan fingerprint density at radius 3 is 2.46 bits per heavy atom. The second-order valence-electron chi connectivity index (χ2n) is 3.54. The Kier molecular flexibility index (Phi) is 4.02. The van der Waals surface area contributed by atoms with Gasteiger partial charge in [-0.25, -0.2) is 4.79 Å². The molecule has 0 unspecified atom stereocenters. The first-order valence-corrected chi connectivity index (χ1v) is 4.89. The first-order chi connectivity index (χ1) is 6.27. The van der Waals surface area contributed by atoms with Gasteiger partial charge in [-0.15, -0.1) is 0 Å². The fourth-order valence-electron chi connectivity index (χ4n) is 1.79. The van der Waals surface area contributed by atoms with Crippen molar-refractivity contribution in [3.05, 3.63) is 0 Å². The van der Waals surface area contributed by atoms with Crippen LogP contribution in [0.5, 0.6) is 0 Å². The molecule has 2 amide bonds. The minimum atomic E-state index is 0.0582. The summed E-state index contributed by atoms with van der Waals surface area (Å²) in [5, 5.41) is 5.83. The Hall–Kier alpha value is -0.770. The molecule has 1 fully saturated rings. The number of rotatable bonds is 2. The third kappa shape index (κ3) is 2.88. The predicted octanol–water partition coefficient (Wildman–Crippen LogP) is 0.257. The summed E-state index contributed by atoms with van der Waals surface area (Å²) < 4.78 is 0. The summed E-state index contributed by atoms with van der Waals surface area (Å²) in [6.45, 7) is 2.86. The third-order valence-electron chi connectivity index (χ3n) is 2.61. The number of nitrogens with one attached hydrogen (secondary N) is 2. The number of urea groups is 1. The van der Waals surface area contributed by atoms with Crippen LogP contribution in [0.15, 0.2) is 0 Å². The molecule has 1 aliphatic rings. The lowest BCUT2D eigenvalue weighted by molar-refractivity contribution is 0.172. The topological polar surface area (TPSA) is 44.4 Å². The smallest absolute Gasteiger partial charge is 0.317 e. The maximum atomic E-state index is 11.2. The molecule has 0 spiro atoms. The van der Waals surface area contributed by atoms with Gasteiger partial charge in [0.05, 0.1) is 0 Å². The molecule has 1 aliphatic heterocycles. The summed E-state index contributed by atoms with van der Waals surface area (Å²) >= 11 is 0. The molecule has 1 saturated heterocycles. The molecule has 2 N–H and O–H groups in total. The van der Waals surface area contributed by atoms with Crippen LogP contribution >= 0.6 is 0 Å². The maximum absolute atomic E-state index is 11.2. The van der Waals surface area contributed by atoms with E-state index < -0.39 is 0 Å². The van der Waals surface area contributed by atoms with Gasteiger partial charge in [-0.2, -0.15) is 0 Å². The van der Waals surface area contributed by atoms with Crippen LogP contribution in [0.4, 0.5) is 4.79 Å². The van der Waals surface area contributed by atoms with E-state index in [9.17, 15) is 4.79 Å². The Labute approximate surface area is 79.7 Å². The zero-order chi connectivity index (χ0) is 9.68. The van der Waals surface area contributed by atoms with Crippen molar-refractivity contribution in [3.8, 4) is 0 Å². The summed E-state index contributed by atoms with van der Waals surface area (Å²) in [5.41, 5.74) is 0. The fraction of sp³-hybridized carbons (Fsp3) is 0.889. The van der Waals surface area contributed by atoms with E-state index >= 15 is 0 Å². The van der Waals surface area contributed by atoms with Crippen molar-refractivity contribution < 1.29 is 4.79 Å². The fourth-order valence-corrected chi connectivity index (χ4v) is 1.79. The maximum Gasteiger partial charge on any atom is 0.317 e. The summed E-state index contributed by atoms with van der Waals surface area (Å²) in [6, 6.07) is 0.0582. The first kappa shape index (κ1) is 10.3. The lowest BCUT2D eigenvalue weighted by atomic mass is 9.97. The number of carbonyl (C=O) groups is 1. The lowest BCUT2D eigenvalue weighted by Gasteiger charge is -2.31. The highest BCUT2D eigenvalue weighted by Gasteiger charge is 2.21. The van der Waals surface area contributed by atoms with Gasteiger partial charge in [0.15, 0.2) is 0 Å². The van der Waals surface area contributed by atoms with Gasteiger partial charge >= 0.3 is 6.03 Å². The molecule has 0 atom stereocenters. The second-order valence-corrected chi connectivity index (χ2v) is 3.54. The van der Waals surface area contributed by atoms with E-state index in [-0.39, 0.29) is 6.03 Å². The van der Waals surface area contributed by atoms with Crippen molar-refractivity contribution in [2.75, 3.05) is 33.7 Å². The van der Waals surface area contributed by atoms with Crippen molar-refractivity contribution in [2.24, 2.45) is 5.92 Å². The summed E-state index contributed by atoms with van der Waals surface area (Å²) in [5.74, 6) is 0.742. The van der Waals surface area contributed by atoms with Crippen LogP contribution in [0.3, 0.4) is 0 Å². The number of carbonyl (C=O) groups excluding carboxylic acids is 1. The third-order valence-corrected chi connectivity index (χ3v) is 2.61. The average molecular weight is 185 g/mol. The van der Waals surface area contributed by atoms with Crippen molar-refractivity contribution in [3.63, 3.8) is 0 Å². The molecule has 0 aromatic carbocycles. The van der Waals surface area contributed by atoms with Crippen LogP contribution in [0.25, 0.3) is 0 Å². The van der Waals surface area contributed by atoms with Crippen molar-refractivity contribution >= 4 is 6.03 Å². The zero-order valence-electron chi connectivity index (χ0n) is 8.47. The molecule has 0 bridgehead atoms. The van der Waals surface area contributed by atoms with Gasteiger partial charge in [-0.3, -0.25) is 0 Å². The molecular weight excluding hydrogens is 166 g/mol. The van der Waals surface area contributed by atoms with Crippen molar-refractivity contribution in [2.45, 2.75) is 12.8 Å². The number of piperidine rings is 1. The molecular formula is C9H19N3O. The van der Waals surface area contributed by atoms with Crippen LogP contribution in [0.2, 0.25) is 0 Å². The molecule has 76 valence electrons. The Morgan fingerprint density at radius 2 is 2.00 bits per heavy atom. The molecule has 0 saturated carbocycles. The Balaban J connectivity index is 2.26. The van der Waals surface area contributed by atoms with Crippen LogP contribution in [-0.4, -0.2) is 44.7 Å². The van der Waals surface area contributed by atoms with E-state index in [2.05, 4.69) is 10.6 Å². The minimum absolute atomic E-state index is 0.0582. The Bertz CT molecular complexity index is 164. The number of hydrogen-bond donors (Lipinski definition) is 2. The van der Waals surface area contributed by atoms with E-state index in [1.807, 2.05) is 11.9 Å². The normalized spacial score (nSPS) is 18.8. The molecule has 0 radical (unpaired) electrons. The van der Waals surface area contributed by atoms with Gasteiger partial charge in [-0.05, 0) is 32.4 Å². The molecule has 13 heavy (non-hydrogen) atoms. The van der Waals surface area contributed by atoms with Gasteiger partial charge < -0.3 is 15.5 Å². The van der Waals surface area contributed by atoms with Gasteiger partial charge in [0, 0.05) is 20.1 Å². The number of amides is 2. The summed E-state index contributed by atoms with van der Waals surface area (Å²) in [7, 11) is 3.66. The molecule has 1 rings (SSSR count). The number of nitrogens with zero attached hydrogens (tertiary/aromatic N) is 1. The predicted molar refractivity (Wildman–Crippen MR) is 52.7 cm³/mol. The van der Waals surface area contributed by atoms with Gasteiger partial charge in [0.2, 0.25) is 0 Å². The molecule has 0 aromatic heterocycles. The average Bonchev–Trinajstić information content (AvgIpc) is 2.18. The molecule has 1 heterocycles. The van der Waals surface area contributed by atoms with E-state index in [4.69, 9.17) is 0 Å². The van der Waals surface area contributed by atoms with Crippen molar-refractivity contribution in [1.82, 2.24) is 15.5 Å². The largest absolute Gasteiger partial charge is 0.341 e. The Morgan fingerprint density at radius 1 is 1.38 bits per heavy atom. The first-order valence-electron chi connectivity index (χ1n) is 4.89. The molecule has 0 aromatic rings. The molecule has 4 heteroatoms. The van der Waals surface area contributed by atoms with Crippen LogP contribution in [-0.2, 0) is 0 Å². The quantitative estimate of drug-likeness (QED) is 0.648. The van der Waals surface area contributed by atoms with Crippen LogP contribution < -0.4 is 10.6 Å². The van der Waals surface area contributed by atoms with E-state index in [1.165, 1.54) is 0 Å². The van der Waals surface area contributed by atoms with E-state index in [1.54, 1.807) is 7.05 Å². The lowest BCUT2D eigenvalue weighted by Crippen LogP contribution is -2.44. The highest BCUT2D eigenvalue weighted by Crippen LogP contribution is 2.15. The summed E-state index contributed by atoms with van der Waals surface area (Å²) in [4.78, 5) is 13.1. The monoisotopic (exact) mass is 185 g/mol. The van der Waals surface area contributed by atoms with Crippen LogP contribution in [0.1, 0.15) is 12.8 Å². The highest BCUT2D eigenvalue weighted by molar-refractivity contribution is 5.73. The van der Waals surface area contributed by atoms with Crippen LogP contribution in [0, 0.1) is 5.92 Å². The van der Waals surface area contributed by atoms with Crippen molar-refractivity contribution in [1.29, 1.82) is 0 Å². The SMILES string of the molecule is CNCC1CCN(C(=O)NC)CC1. The highest BCUT2D eigenvalue weighted by atomic mass is 16.2. The number of hydrogen-bond acceptors (Lipinski definition) is 2. The standard InChI is InChI=1S/C9H19N3O/c1-10-7-8-3-5-12(6-4-8)9(13)11-2/h8,10H,3-7H2,1-2H3,(H,11,13). The molecule has 4 nitrogen and oxygen atoms in total. The zero-order valence-corrected chi connectivity index (χ0v) is 8.47. The molecule has 0 aliphatic carbocycles. The minimum Gasteiger partial charge on any atom is -0.341 e.